The maximum atomic E-state index is 3.69. The summed E-state index contributed by atoms with van der Waals surface area (Å²) in [6.07, 6.45) is 1.03. The second-order valence-corrected chi connectivity index (χ2v) is 19.4. The van der Waals surface area contributed by atoms with Crippen molar-refractivity contribution in [2.75, 3.05) is 0 Å². The van der Waals surface area contributed by atoms with Crippen LogP contribution in [0.25, 0.3) is 11.1 Å². The summed E-state index contributed by atoms with van der Waals surface area (Å²) in [6, 6.07) is 39.1. The van der Waals surface area contributed by atoms with Gasteiger partial charge in [-0.25, -0.2) is 12.1 Å². The van der Waals surface area contributed by atoms with Gasteiger partial charge in [0, 0.05) is 0 Å². The second kappa shape index (κ2) is 17.8. The Morgan fingerprint density at radius 2 is 1.00 bits per heavy atom. The number of halogens is 2. The Morgan fingerprint density at radius 3 is 1.37 bits per heavy atom. The summed E-state index contributed by atoms with van der Waals surface area (Å²) in [7, 11) is 0. The van der Waals surface area contributed by atoms with E-state index in [-0.39, 0.29) is 46.5 Å². The van der Waals surface area contributed by atoms with Gasteiger partial charge in [0.2, 0.25) is 0 Å². The molecule has 0 radical (unpaired) electrons. The van der Waals surface area contributed by atoms with Crippen LogP contribution in [0.2, 0.25) is 0 Å². The Hall–Kier alpha value is -2.44. The molecule has 0 aromatic heterocycles. The second-order valence-electron chi connectivity index (χ2n) is 18.2. The van der Waals surface area contributed by atoms with Crippen LogP contribution in [-0.2, 0) is 52.3 Å². The molecule has 0 saturated carbocycles. The van der Waals surface area contributed by atoms with Gasteiger partial charge in [0.25, 0.3) is 0 Å². The Morgan fingerprint density at radius 1 is 0.577 bits per heavy atom. The first-order valence-corrected chi connectivity index (χ1v) is 19.5. The van der Waals surface area contributed by atoms with Crippen molar-refractivity contribution in [3.63, 3.8) is 0 Å². The third-order valence-corrected chi connectivity index (χ3v) is 11.1. The zero-order chi connectivity index (χ0) is 37.2. The quantitative estimate of drug-likeness (QED) is 0.164. The molecule has 52 heavy (non-hydrogen) atoms. The molecule has 0 aliphatic heterocycles. The van der Waals surface area contributed by atoms with E-state index in [4.69, 9.17) is 0 Å². The van der Waals surface area contributed by atoms with E-state index in [1.807, 2.05) is 30.3 Å². The largest absolute Gasteiger partial charge is 1.00 e. The molecule has 0 N–H and O–H groups in total. The van der Waals surface area contributed by atoms with E-state index in [0.29, 0.717) is 0 Å². The maximum absolute atomic E-state index is 3.69. The molecule has 1 aliphatic carbocycles. The fourth-order valence-electron chi connectivity index (χ4n) is 6.78. The smallest absolute Gasteiger partial charge is 0.0129 e. The van der Waals surface area contributed by atoms with Crippen LogP contribution >= 0.6 is 0 Å². The minimum absolute atomic E-state index is 0. The van der Waals surface area contributed by atoms with Crippen molar-refractivity contribution in [1.29, 1.82) is 0 Å². The first kappa shape index (κ1) is 45.7. The molecule has 5 aromatic carbocycles. The van der Waals surface area contributed by atoms with Crippen molar-refractivity contribution in [3.8, 4) is 11.1 Å². The van der Waals surface area contributed by atoms with Crippen LogP contribution in [0.3, 0.4) is 0 Å². The summed E-state index contributed by atoms with van der Waals surface area (Å²) in [5.41, 5.74) is 17.5. The van der Waals surface area contributed by atoms with E-state index < -0.39 is 0 Å². The molecule has 0 saturated heterocycles. The Kier molecular flexibility index (Phi) is 15.6. The average molecular weight is 811 g/mol. The zero-order valence-corrected chi connectivity index (χ0v) is 38.2. The maximum Gasteiger partial charge on any atom is -0.0129 e. The van der Waals surface area contributed by atoms with Crippen LogP contribution in [0, 0.1) is 19.9 Å². The van der Waals surface area contributed by atoms with Crippen LogP contribution in [0.4, 0.5) is 0 Å². The number of rotatable bonds is 2. The van der Waals surface area contributed by atoms with Crippen molar-refractivity contribution in [2.45, 2.75) is 125 Å². The van der Waals surface area contributed by atoms with Gasteiger partial charge in [-0.1, -0.05) is 71.6 Å². The minimum atomic E-state index is 0. The molecule has 0 atom stereocenters. The number of hydrogen-bond donors (Lipinski definition) is 0. The monoisotopic (exact) mass is 808 g/mol. The topological polar surface area (TPSA) is 0 Å². The normalized spacial score (nSPS) is 12.2. The molecule has 0 spiro atoms. The van der Waals surface area contributed by atoms with Crippen LogP contribution in [-0.4, -0.2) is 3.21 Å². The van der Waals surface area contributed by atoms with Gasteiger partial charge >= 0.3 is 151 Å². The van der Waals surface area contributed by atoms with Gasteiger partial charge in [0.1, 0.15) is 0 Å². The number of fused-ring (bicyclic) bond motifs is 3. The Balaban J connectivity index is 0.000000307. The zero-order valence-electron chi connectivity index (χ0n) is 34.2. The minimum Gasteiger partial charge on any atom is -1.00 e. The van der Waals surface area contributed by atoms with Gasteiger partial charge in [0.05, 0.1) is 0 Å². The van der Waals surface area contributed by atoms with Gasteiger partial charge in [-0.2, -0.15) is 35.9 Å². The summed E-state index contributed by atoms with van der Waals surface area (Å²) < 4.78 is 1.42. The predicted molar refractivity (Wildman–Crippen MR) is 216 cm³/mol. The van der Waals surface area contributed by atoms with Crippen molar-refractivity contribution in [1.82, 2.24) is 0 Å². The molecule has 3 heteroatoms. The van der Waals surface area contributed by atoms with E-state index in [1.54, 1.807) is 0 Å². The van der Waals surface area contributed by atoms with Crippen LogP contribution in [0.15, 0.2) is 97.1 Å². The molecule has 0 fully saturated rings. The first-order chi connectivity index (χ1) is 23.1. The van der Waals surface area contributed by atoms with E-state index >= 15 is 0 Å². The van der Waals surface area contributed by atoms with Crippen LogP contribution in [0.1, 0.15) is 139 Å². The van der Waals surface area contributed by atoms with Crippen molar-refractivity contribution in [3.05, 3.63) is 159 Å². The Labute approximate surface area is 344 Å². The van der Waals surface area contributed by atoms with Crippen molar-refractivity contribution in [2.24, 2.45) is 0 Å². The fraction of sp³-hybridized carbons (Fsp3) is 0.388. The van der Waals surface area contributed by atoms with E-state index in [1.165, 1.54) is 94.2 Å². The average Bonchev–Trinajstić information content (AvgIpc) is 3.70. The molecule has 0 amide bonds. The molecular formula is C49H60Cl2Zr-2. The molecule has 1 aliphatic rings. The van der Waals surface area contributed by atoms with Crippen LogP contribution < -0.4 is 24.8 Å². The summed E-state index contributed by atoms with van der Waals surface area (Å²) in [6.45, 7) is 31.8. The molecule has 6 rings (SSSR count). The molecule has 0 heterocycles. The van der Waals surface area contributed by atoms with Gasteiger partial charge in [-0.15, -0.1) is 16.7 Å². The molecule has 5 aromatic rings. The van der Waals surface area contributed by atoms with Gasteiger partial charge in [-0.05, 0) is 35.4 Å². The van der Waals surface area contributed by atoms with E-state index in [9.17, 15) is 0 Å². The molecular weight excluding hydrogens is 751 g/mol. The number of benzene rings is 4. The van der Waals surface area contributed by atoms with Gasteiger partial charge in [0.15, 0.2) is 0 Å². The van der Waals surface area contributed by atoms with Gasteiger partial charge in [-0.3, -0.25) is 0 Å². The van der Waals surface area contributed by atoms with E-state index in [0.717, 1.165) is 6.42 Å². The molecule has 0 nitrogen and oxygen atoms in total. The SMILES string of the molecule is CC(C)(C)c1ccc([C](=[Zr+2])c2ccc(C(C)(C)C)cc2)cc1.Cc1[c-]c2c(cc1C(C)(C)C)-c1cc(C(C)(C)C)c(C)cc1C2.[Cl-].[Cl-].c1cc[cH-]c1. The third-order valence-electron chi connectivity index (χ3n) is 9.71. The summed E-state index contributed by atoms with van der Waals surface area (Å²) in [5.74, 6) is 0. The van der Waals surface area contributed by atoms with Crippen molar-refractivity contribution >= 4 is 3.21 Å². The molecule has 0 unspecified atom stereocenters. The first-order valence-electron chi connectivity index (χ1n) is 18.2. The van der Waals surface area contributed by atoms with Gasteiger partial charge < -0.3 is 24.8 Å². The number of hydrogen-bond acceptors (Lipinski definition) is 0. The van der Waals surface area contributed by atoms with Crippen molar-refractivity contribution < 1.29 is 49.0 Å². The summed E-state index contributed by atoms with van der Waals surface area (Å²) in [4.78, 5) is 0. The predicted octanol–water partition coefficient (Wildman–Crippen LogP) is 7.08. The van der Waals surface area contributed by atoms with E-state index in [2.05, 4.69) is 170 Å². The third kappa shape index (κ3) is 11.5. The number of aryl methyl sites for hydroxylation is 2. The standard InChI is InChI=1S/C23H29.C21H26.C5H5.2ClH.Zr/c1-14-9-16-11-17-10-15(2)21(23(6,7)8)13-19(17)18(16)12-20(14)22(3,4)5;1-20(2,3)18-11-7-16(8-12-18)15-17-9-13-19(14-10-17)21(4,5)6;1-2-4-5-3-1;;;/h9,12-13H,11H2,1-8H3;7-14H,1-6H3;1-5H;2*1H;/q-1;;-1;;;+2/p-2. The fourth-order valence-corrected chi connectivity index (χ4v) is 7.60. The summed E-state index contributed by atoms with van der Waals surface area (Å²) in [5, 5.41) is 0. The Bertz CT molecular complexity index is 1750. The van der Waals surface area contributed by atoms with Crippen LogP contribution in [0.5, 0.6) is 0 Å². The summed E-state index contributed by atoms with van der Waals surface area (Å²) >= 11 is 1.46. The molecule has 0 bridgehead atoms. The molecule has 276 valence electrons.